The van der Waals surface area contributed by atoms with Gasteiger partial charge in [-0.2, -0.15) is 0 Å². The second kappa shape index (κ2) is 17.8. The molecule has 4 bridgehead atoms. The topological polar surface area (TPSA) is 6.25 Å². The van der Waals surface area contributed by atoms with Crippen molar-refractivity contribution >= 4 is 5.87 Å². The summed E-state index contributed by atoms with van der Waals surface area (Å²) in [5.41, 5.74) is 3.05. The standard InChI is InChI=1S/C32H52N2/c1-2-5-9-13-17-25-33-27-20-24-32(30-33)22-16-12-8-4-6-10-14-18-26-34-28-19-23-31(29-34)21-15-11-7-3-1/h19-20,24,30H,1-18,21-22,25-27,29H2. The maximum absolute atomic E-state index is 3.47. The summed E-state index contributed by atoms with van der Waals surface area (Å²) in [7, 11) is 0. The van der Waals surface area contributed by atoms with Gasteiger partial charge in [0.25, 0.3) is 0 Å². The summed E-state index contributed by atoms with van der Waals surface area (Å²) in [4.78, 5) is 2.55. The molecule has 0 amide bonds. The first kappa shape index (κ1) is 27.1. The maximum atomic E-state index is 3.47. The van der Waals surface area contributed by atoms with E-state index in [-0.39, 0.29) is 0 Å². The molecule has 0 spiro atoms. The van der Waals surface area contributed by atoms with E-state index in [1.807, 2.05) is 6.08 Å². The average Bonchev–Trinajstić information content (AvgIpc) is 2.86. The van der Waals surface area contributed by atoms with Gasteiger partial charge in [-0.3, -0.25) is 4.58 Å². The van der Waals surface area contributed by atoms with Crippen molar-refractivity contribution in [1.29, 1.82) is 0 Å². The predicted octanol–water partition coefficient (Wildman–Crippen LogP) is 8.54. The Morgan fingerprint density at radius 3 is 1.97 bits per heavy atom. The van der Waals surface area contributed by atoms with E-state index in [1.165, 1.54) is 147 Å². The summed E-state index contributed by atoms with van der Waals surface area (Å²) < 4.78 is 2.40. The predicted molar refractivity (Wildman–Crippen MR) is 147 cm³/mol. The molecule has 3 aliphatic rings. The van der Waals surface area contributed by atoms with Crippen LogP contribution in [0.15, 0.2) is 35.6 Å². The lowest BCUT2D eigenvalue weighted by molar-refractivity contribution is -0.514. The zero-order chi connectivity index (χ0) is 23.5. The van der Waals surface area contributed by atoms with E-state index >= 15 is 0 Å². The Hall–Kier alpha value is -1.53. The molecule has 0 aromatic rings. The highest BCUT2D eigenvalue weighted by molar-refractivity contribution is 5.49. The van der Waals surface area contributed by atoms with Crippen molar-refractivity contribution in [2.24, 2.45) is 0 Å². The Balaban J connectivity index is 1.35. The molecule has 0 saturated carbocycles. The third kappa shape index (κ3) is 12.3. The summed E-state index contributed by atoms with van der Waals surface area (Å²) >= 11 is 0. The van der Waals surface area contributed by atoms with Crippen LogP contribution in [-0.2, 0) is 0 Å². The molecule has 34 heavy (non-hydrogen) atoms. The molecule has 0 aliphatic carbocycles. The molecule has 3 heterocycles. The van der Waals surface area contributed by atoms with Crippen LogP contribution in [0.5, 0.6) is 0 Å². The molecule has 3 rings (SSSR count). The molecule has 3 aliphatic heterocycles. The number of rotatable bonds is 0. The molecule has 2 heteroatoms. The SMILES string of the molecule is C1=C[C-]=C2CCCCCCCCCCCCN3C=C(C=CC3)CCCCCCCCCC[N+]=1C2. The van der Waals surface area contributed by atoms with Crippen LogP contribution in [0.2, 0.25) is 0 Å². The first-order valence-electron chi connectivity index (χ1n) is 15.0. The summed E-state index contributed by atoms with van der Waals surface area (Å²) in [6, 6.07) is 0. The molecule has 0 aromatic heterocycles. The highest BCUT2D eigenvalue weighted by Crippen LogP contribution is 2.18. The highest BCUT2D eigenvalue weighted by atomic mass is 15.1. The molecule has 0 fully saturated rings. The van der Waals surface area contributed by atoms with Gasteiger partial charge in [-0.15, -0.1) is 6.08 Å². The zero-order valence-corrected chi connectivity index (χ0v) is 22.2. The van der Waals surface area contributed by atoms with Gasteiger partial charge in [-0.25, -0.2) is 6.08 Å². The van der Waals surface area contributed by atoms with E-state index in [1.54, 1.807) is 5.57 Å². The minimum atomic E-state index is 1.07. The Morgan fingerprint density at radius 2 is 1.26 bits per heavy atom. The van der Waals surface area contributed by atoms with Gasteiger partial charge < -0.3 is 4.90 Å². The molecule has 0 N–H and O–H groups in total. The lowest BCUT2D eigenvalue weighted by atomic mass is 10.0. The number of hydrogen-bond donors (Lipinski definition) is 0. The number of hydrogen-bond acceptors (Lipinski definition) is 1. The Bertz CT molecular complexity index is 705. The van der Waals surface area contributed by atoms with Gasteiger partial charge in [0, 0.05) is 25.7 Å². The van der Waals surface area contributed by atoms with Crippen LogP contribution in [0.1, 0.15) is 128 Å². The van der Waals surface area contributed by atoms with Crippen molar-refractivity contribution < 1.29 is 4.58 Å². The quantitative estimate of drug-likeness (QED) is 0.257. The Kier molecular flexibility index (Phi) is 14.2. The van der Waals surface area contributed by atoms with Crippen LogP contribution in [0.3, 0.4) is 0 Å². The molecule has 0 aromatic carbocycles. The zero-order valence-electron chi connectivity index (χ0n) is 22.2. The van der Waals surface area contributed by atoms with Crippen molar-refractivity contribution in [2.75, 3.05) is 26.2 Å². The smallest absolute Gasteiger partial charge is 0.138 e. The molecule has 0 radical (unpaired) electrons. The van der Waals surface area contributed by atoms with Gasteiger partial charge in [0.05, 0.1) is 0 Å². The van der Waals surface area contributed by atoms with E-state index in [0.29, 0.717) is 0 Å². The first-order chi connectivity index (χ1) is 16.9. The first-order valence-corrected chi connectivity index (χ1v) is 15.0. The maximum Gasteiger partial charge on any atom is 0.138 e. The summed E-state index contributed by atoms with van der Waals surface area (Å²) in [5, 5.41) is 0. The molecular weight excluding hydrogens is 412 g/mol. The molecule has 2 nitrogen and oxygen atoms in total. The van der Waals surface area contributed by atoms with Crippen LogP contribution in [0.4, 0.5) is 0 Å². The highest BCUT2D eigenvalue weighted by Gasteiger charge is 2.07. The minimum absolute atomic E-state index is 1.07. The summed E-state index contributed by atoms with van der Waals surface area (Å²) in [6.07, 6.45) is 40.3. The number of fused-ring (bicyclic) bond motifs is 3. The molecule has 190 valence electrons. The number of allylic oxidation sites excluding steroid dienone is 4. The van der Waals surface area contributed by atoms with Gasteiger partial charge in [0.2, 0.25) is 0 Å². The van der Waals surface area contributed by atoms with Crippen LogP contribution < -0.4 is 0 Å². The molecule has 0 saturated heterocycles. The van der Waals surface area contributed by atoms with Gasteiger partial charge in [-0.1, -0.05) is 113 Å². The number of nitrogens with zero attached hydrogens (tertiary/aromatic N) is 2. The fourth-order valence-electron chi connectivity index (χ4n) is 5.58. The van der Waals surface area contributed by atoms with E-state index < -0.39 is 0 Å². The molecule has 0 unspecified atom stereocenters. The van der Waals surface area contributed by atoms with Crippen molar-refractivity contribution in [3.05, 3.63) is 41.7 Å². The molecule has 0 atom stereocenters. The monoisotopic (exact) mass is 464 g/mol. The lowest BCUT2D eigenvalue weighted by Gasteiger charge is -2.23. The van der Waals surface area contributed by atoms with Gasteiger partial charge in [0.15, 0.2) is 0 Å². The van der Waals surface area contributed by atoms with Crippen molar-refractivity contribution in [1.82, 2.24) is 4.90 Å². The van der Waals surface area contributed by atoms with Crippen LogP contribution in [0, 0.1) is 6.08 Å². The van der Waals surface area contributed by atoms with Gasteiger partial charge in [0.1, 0.15) is 13.1 Å². The fraction of sp³-hybridized carbons (Fsp3) is 0.750. The van der Waals surface area contributed by atoms with Crippen LogP contribution >= 0.6 is 0 Å². The van der Waals surface area contributed by atoms with Crippen molar-refractivity contribution in [3.63, 3.8) is 0 Å². The Labute approximate surface area is 211 Å². The molecular formula is C32H52N2. The van der Waals surface area contributed by atoms with Gasteiger partial charge in [-0.05, 0) is 37.7 Å². The summed E-state index contributed by atoms with van der Waals surface area (Å²) in [6.45, 7) is 4.60. The van der Waals surface area contributed by atoms with E-state index in [4.69, 9.17) is 0 Å². The third-order valence-electron chi connectivity index (χ3n) is 7.74. The van der Waals surface area contributed by atoms with Crippen molar-refractivity contribution in [2.45, 2.75) is 128 Å². The largest absolute Gasteiger partial charge is 0.373 e. The Morgan fingerprint density at radius 1 is 0.676 bits per heavy atom. The average molecular weight is 465 g/mol. The van der Waals surface area contributed by atoms with E-state index in [2.05, 4.69) is 39.8 Å². The van der Waals surface area contributed by atoms with E-state index in [0.717, 1.165) is 13.1 Å². The lowest BCUT2D eigenvalue weighted by Crippen LogP contribution is -2.21. The van der Waals surface area contributed by atoms with E-state index in [9.17, 15) is 0 Å². The van der Waals surface area contributed by atoms with Gasteiger partial charge >= 0.3 is 0 Å². The second-order valence-corrected chi connectivity index (χ2v) is 10.9. The summed E-state index contributed by atoms with van der Waals surface area (Å²) in [5.74, 6) is 3.41. The fourth-order valence-corrected chi connectivity index (χ4v) is 5.58. The minimum Gasteiger partial charge on any atom is -0.373 e. The van der Waals surface area contributed by atoms with Crippen molar-refractivity contribution in [3.8, 4) is 0 Å². The van der Waals surface area contributed by atoms with Crippen LogP contribution in [0.25, 0.3) is 0 Å². The van der Waals surface area contributed by atoms with Crippen LogP contribution in [-0.4, -0.2) is 41.5 Å². The normalized spacial score (nSPS) is 23.8. The second-order valence-electron chi connectivity index (χ2n) is 10.9. The third-order valence-corrected chi connectivity index (χ3v) is 7.74.